The minimum Gasteiger partial charge on any atom is -0.365 e. The molecule has 0 radical (unpaired) electrons. The second-order valence-corrected chi connectivity index (χ2v) is 7.93. The number of nitrogens with zero attached hydrogens (tertiary/aromatic N) is 2. The molecular weight excluding hydrogens is 384 g/mol. The average Bonchev–Trinajstić information content (AvgIpc) is 3.04. The molecule has 1 aliphatic heterocycles. The molecule has 31 heavy (non-hydrogen) atoms. The standard InChI is InChI=1S/C27H26N2O2/c1-20-13-15-23(16-14-20)24-25(28(2)19-22-11-7-4-8-12-22)27(31)29(26(24)30)18-17-21-9-5-3-6-10-21/h3-16H,17-19H2,1-2H3. The largest absolute Gasteiger partial charge is 0.365 e. The van der Waals surface area contributed by atoms with E-state index >= 15 is 0 Å². The van der Waals surface area contributed by atoms with Crippen LogP contribution in [0.2, 0.25) is 0 Å². The highest BCUT2D eigenvalue weighted by molar-refractivity contribution is 6.35. The van der Waals surface area contributed by atoms with Crippen molar-refractivity contribution in [3.63, 3.8) is 0 Å². The van der Waals surface area contributed by atoms with E-state index in [0.29, 0.717) is 30.8 Å². The zero-order valence-corrected chi connectivity index (χ0v) is 17.9. The van der Waals surface area contributed by atoms with Gasteiger partial charge in [0, 0.05) is 20.1 Å². The number of carbonyl (C=O) groups excluding carboxylic acids is 2. The van der Waals surface area contributed by atoms with Gasteiger partial charge in [-0.05, 0) is 30.0 Å². The predicted octanol–water partition coefficient (Wildman–Crippen LogP) is 4.45. The second kappa shape index (κ2) is 9.00. The fourth-order valence-electron chi connectivity index (χ4n) is 3.92. The van der Waals surface area contributed by atoms with Crippen LogP contribution in [0.5, 0.6) is 0 Å². The van der Waals surface area contributed by atoms with Gasteiger partial charge in [-0.1, -0.05) is 90.5 Å². The van der Waals surface area contributed by atoms with Gasteiger partial charge in [0.05, 0.1) is 5.57 Å². The van der Waals surface area contributed by atoms with Crippen molar-refractivity contribution in [1.82, 2.24) is 9.80 Å². The summed E-state index contributed by atoms with van der Waals surface area (Å²) in [5, 5.41) is 0. The third-order valence-electron chi connectivity index (χ3n) is 5.59. The SMILES string of the molecule is Cc1ccc(C2=C(N(C)Cc3ccccc3)C(=O)N(CCc3ccccc3)C2=O)cc1. The molecule has 1 aliphatic rings. The highest BCUT2D eigenvalue weighted by Crippen LogP contribution is 2.32. The van der Waals surface area contributed by atoms with Crippen molar-refractivity contribution in [2.45, 2.75) is 19.9 Å². The Morgan fingerprint density at radius 2 is 1.32 bits per heavy atom. The Morgan fingerprint density at radius 3 is 1.94 bits per heavy atom. The summed E-state index contributed by atoms with van der Waals surface area (Å²) in [7, 11) is 1.88. The number of hydrogen-bond donors (Lipinski definition) is 0. The van der Waals surface area contributed by atoms with E-state index in [1.807, 2.05) is 104 Å². The molecule has 0 aromatic heterocycles. The van der Waals surface area contributed by atoms with Crippen LogP contribution in [0.4, 0.5) is 0 Å². The summed E-state index contributed by atoms with van der Waals surface area (Å²) in [6.45, 7) is 2.92. The van der Waals surface area contributed by atoms with E-state index in [9.17, 15) is 9.59 Å². The van der Waals surface area contributed by atoms with Gasteiger partial charge in [-0.2, -0.15) is 0 Å². The van der Waals surface area contributed by atoms with Gasteiger partial charge in [-0.15, -0.1) is 0 Å². The molecule has 0 spiro atoms. The monoisotopic (exact) mass is 410 g/mol. The number of benzene rings is 3. The summed E-state index contributed by atoms with van der Waals surface area (Å²) in [5.74, 6) is -0.449. The summed E-state index contributed by atoms with van der Waals surface area (Å²) in [6.07, 6.45) is 0.634. The van der Waals surface area contributed by atoms with Gasteiger partial charge in [0.15, 0.2) is 0 Å². The highest BCUT2D eigenvalue weighted by Gasteiger charge is 2.40. The zero-order valence-electron chi connectivity index (χ0n) is 17.9. The molecular formula is C27H26N2O2. The van der Waals surface area contributed by atoms with Gasteiger partial charge >= 0.3 is 0 Å². The van der Waals surface area contributed by atoms with Crippen molar-refractivity contribution in [1.29, 1.82) is 0 Å². The molecule has 0 N–H and O–H groups in total. The van der Waals surface area contributed by atoms with Gasteiger partial charge in [0.1, 0.15) is 5.70 Å². The van der Waals surface area contributed by atoms with Crippen LogP contribution in [0.1, 0.15) is 22.3 Å². The molecule has 4 nitrogen and oxygen atoms in total. The number of likely N-dealkylation sites (N-methyl/N-ethyl adjacent to an activating group) is 1. The van der Waals surface area contributed by atoms with Crippen molar-refractivity contribution >= 4 is 17.4 Å². The molecule has 0 fully saturated rings. The molecule has 1 heterocycles. The number of rotatable bonds is 7. The predicted molar refractivity (Wildman–Crippen MR) is 123 cm³/mol. The first-order valence-electron chi connectivity index (χ1n) is 10.5. The lowest BCUT2D eigenvalue weighted by Crippen LogP contribution is -2.35. The Kier molecular flexibility index (Phi) is 5.99. The van der Waals surface area contributed by atoms with E-state index in [1.54, 1.807) is 0 Å². The number of carbonyl (C=O) groups is 2. The first kappa shape index (κ1) is 20.6. The van der Waals surface area contributed by atoms with Crippen molar-refractivity contribution < 1.29 is 9.59 Å². The summed E-state index contributed by atoms with van der Waals surface area (Å²) < 4.78 is 0. The quantitative estimate of drug-likeness (QED) is 0.541. The zero-order chi connectivity index (χ0) is 21.8. The maximum Gasteiger partial charge on any atom is 0.277 e. The highest BCUT2D eigenvalue weighted by atomic mass is 16.2. The fourth-order valence-corrected chi connectivity index (χ4v) is 3.92. The fraction of sp³-hybridized carbons (Fsp3) is 0.185. The number of hydrogen-bond acceptors (Lipinski definition) is 3. The molecule has 156 valence electrons. The first-order chi connectivity index (χ1) is 15.0. The van der Waals surface area contributed by atoms with Crippen LogP contribution in [0, 0.1) is 6.92 Å². The Bertz CT molecular complexity index is 1100. The summed E-state index contributed by atoms with van der Waals surface area (Å²) in [6, 6.07) is 27.7. The van der Waals surface area contributed by atoms with Crippen LogP contribution >= 0.6 is 0 Å². The van der Waals surface area contributed by atoms with Gasteiger partial charge in [-0.25, -0.2) is 0 Å². The number of imide groups is 1. The maximum atomic E-state index is 13.4. The van der Waals surface area contributed by atoms with Crippen molar-refractivity contribution in [2.75, 3.05) is 13.6 Å². The molecule has 0 aliphatic carbocycles. The van der Waals surface area contributed by atoms with E-state index in [1.165, 1.54) is 4.90 Å². The third kappa shape index (κ3) is 4.43. The summed E-state index contributed by atoms with van der Waals surface area (Å²) in [4.78, 5) is 30.1. The molecule has 0 unspecified atom stereocenters. The summed E-state index contributed by atoms with van der Waals surface area (Å²) >= 11 is 0. The minimum absolute atomic E-state index is 0.223. The lowest BCUT2D eigenvalue weighted by atomic mass is 10.0. The molecule has 0 atom stereocenters. The molecule has 0 bridgehead atoms. The van der Waals surface area contributed by atoms with Gasteiger partial charge in [0.25, 0.3) is 11.8 Å². The topological polar surface area (TPSA) is 40.6 Å². The van der Waals surface area contributed by atoms with Crippen molar-refractivity contribution in [3.8, 4) is 0 Å². The van der Waals surface area contributed by atoms with Crippen LogP contribution in [0.25, 0.3) is 5.57 Å². The van der Waals surface area contributed by atoms with Gasteiger partial charge in [0.2, 0.25) is 0 Å². The molecule has 4 heteroatoms. The Balaban J connectivity index is 1.66. The van der Waals surface area contributed by atoms with Crippen LogP contribution in [-0.2, 0) is 22.6 Å². The van der Waals surface area contributed by atoms with E-state index in [0.717, 1.165) is 22.3 Å². The maximum absolute atomic E-state index is 13.4. The van der Waals surface area contributed by atoms with E-state index in [4.69, 9.17) is 0 Å². The first-order valence-corrected chi connectivity index (χ1v) is 10.5. The molecule has 3 aromatic rings. The van der Waals surface area contributed by atoms with Crippen LogP contribution in [0.3, 0.4) is 0 Å². The molecule has 4 rings (SSSR count). The van der Waals surface area contributed by atoms with E-state index < -0.39 is 0 Å². The molecule has 0 saturated carbocycles. The smallest absolute Gasteiger partial charge is 0.277 e. The normalized spacial score (nSPS) is 13.8. The van der Waals surface area contributed by atoms with Crippen LogP contribution < -0.4 is 0 Å². The van der Waals surface area contributed by atoms with Gasteiger partial charge in [-0.3, -0.25) is 14.5 Å². The Morgan fingerprint density at radius 1 is 0.742 bits per heavy atom. The van der Waals surface area contributed by atoms with Crippen LogP contribution in [0.15, 0.2) is 90.6 Å². The molecule has 0 saturated heterocycles. The average molecular weight is 411 g/mol. The van der Waals surface area contributed by atoms with Crippen molar-refractivity contribution in [2.24, 2.45) is 0 Å². The summed E-state index contributed by atoms with van der Waals surface area (Å²) in [5.41, 5.74) is 5.03. The molecule has 3 aromatic carbocycles. The van der Waals surface area contributed by atoms with E-state index in [2.05, 4.69) is 0 Å². The Hall–Kier alpha value is -3.66. The Labute approximate surface area is 183 Å². The lowest BCUT2D eigenvalue weighted by molar-refractivity contribution is -0.137. The second-order valence-electron chi connectivity index (χ2n) is 7.93. The molecule has 2 amide bonds. The number of amides is 2. The minimum atomic E-state index is -0.227. The van der Waals surface area contributed by atoms with Gasteiger partial charge < -0.3 is 4.90 Å². The lowest BCUT2D eigenvalue weighted by Gasteiger charge is -2.21. The third-order valence-corrected chi connectivity index (χ3v) is 5.59. The van der Waals surface area contributed by atoms with Crippen LogP contribution in [-0.4, -0.2) is 35.2 Å². The van der Waals surface area contributed by atoms with E-state index in [-0.39, 0.29) is 11.8 Å². The van der Waals surface area contributed by atoms with Crippen molar-refractivity contribution in [3.05, 3.63) is 113 Å². The number of aryl methyl sites for hydroxylation is 1.